The maximum Gasteiger partial charge on any atom is 0.238 e. The summed E-state index contributed by atoms with van der Waals surface area (Å²) in [6, 6.07) is 6.12. The molecule has 0 radical (unpaired) electrons. The molecule has 1 aromatic heterocycles. The molecule has 2 aromatic rings. The Balaban J connectivity index is 1.85. The smallest absolute Gasteiger partial charge is 0.238 e. The van der Waals surface area contributed by atoms with Gasteiger partial charge in [-0.2, -0.15) is 0 Å². The first kappa shape index (κ1) is 13.2. The van der Waals surface area contributed by atoms with Crippen molar-refractivity contribution in [3.8, 4) is 0 Å². The van der Waals surface area contributed by atoms with E-state index in [4.69, 9.17) is 0 Å². The molecule has 1 unspecified atom stereocenters. The van der Waals surface area contributed by atoms with Gasteiger partial charge in [-0.15, -0.1) is 0 Å². The molecule has 104 valence electrons. The molecular formula is C15H17N3OS. The number of H-pyrrole nitrogens is 1. The molecule has 1 aromatic carbocycles. The van der Waals surface area contributed by atoms with Crippen LogP contribution in [0.2, 0.25) is 0 Å². The number of carbonyl (C=O) groups is 1. The van der Waals surface area contributed by atoms with Crippen LogP contribution in [0.1, 0.15) is 31.2 Å². The van der Waals surface area contributed by atoms with Crippen molar-refractivity contribution >= 4 is 34.8 Å². The van der Waals surface area contributed by atoms with Crippen LogP contribution >= 0.6 is 11.8 Å². The Morgan fingerprint density at radius 1 is 1.45 bits per heavy atom. The summed E-state index contributed by atoms with van der Waals surface area (Å²) in [7, 11) is 0. The van der Waals surface area contributed by atoms with Gasteiger partial charge in [-0.3, -0.25) is 4.79 Å². The summed E-state index contributed by atoms with van der Waals surface area (Å²) in [6.07, 6.45) is 3.84. The minimum Gasteiger partial charge on any atom is -0.338 e. The predicted molar refractivity (Wildman–Crippen MR) is 83.2 cm³/mol. The van der Waals surface area contributed by atoms with Gasteiger partial charge >= 0.3 is 0 Å². The Labute approximate surface area is 122 Å². The average molecular weight is 287 g/mol. The van der Waals surface area contributed by atoms with Crippen LogP contribution in [-0.4, -0.2) is 21.1 Å². The maximum absolute atomic E-state index is 11.8. The van der Waals surface area contributed by atoms with E-state index < -0.39 is 0 Å². The summed E-state index contributed by atoms with van der Waals surface area (Å²) in [4.78, 5) is 19.6. The van der Waals surface area contributed by atoms with Crippen molar-refractivity contribution in [1.29, 1.82) is 0 Å². The second-order valence-corrected chi connectivity index (χ2v) is 6.28. The second kappa shape index (κ2) is 5.32. The molecule has 1 saturated heterocycles. The van der Waals surface area contributed by atoms with Crippen LogP contribution in [0.5, 0.6) is 0 Å². The molecule has 2 N–H and O–H groups in total. The molecule has 0 spiro atoms. The fourth-order valence-electron chi connectivity index (χ4n) is 2.30. The van der Waals surface area contributed by atoms with Crippen LogP contribution in [-0.2, 0) is 4.79 Å². The summed E-state index contributed by atoms with van der Waals surface area (Å²) in [5.74, 6) is 0.889. The first-order chi connectivity index (χ1) is 9.65. The predicted octanol–water partition coefficient (Wildman–Crippen LogP) is 3.20. The topological polar surface area (TPSA) is 57.8 Å². The molecule has 1 amide bonds. The first-order valence-electron chi connectivity index (χ1n) is 6.81. The van der Waals surface area contributed by atoms with E-state index in [0.717, 1.165) is 34.7 Å². The largest absolute Gasteiger partial charge is 0.338 e. The van der Waals surface area contributed by atoms with Crippen LogP contribution in [0.3, 0.4) is 0 Å². The number of aromatic nitrogens is 2. The Kier molecular flexibility index (Phi) is 3.53. The van der Waals surface area contributed by atoms with Gasteiger partial charge in [0.1, 0.15) is 5.82 Å². The van der Waals surface area contributed by atoms with Gasteiger partial charge in [0.15, 0.2) is 0 Å². The number of thioether (sulfide) groups is 1. The minimum atomic E-state index is 0.0397. The molecular weight excluding hydrogens is 270 g/mol. The lowest BCUT2D eigenvalue weighted by Crippen LogP contribution is -2.21. The molecule has 0 aliphatic carbocycles. The quantitative estimate of drug-likeness (QED) is 0.911. The number of amides is 1. The Bertz CT molecular complexity index is 689. The van der Waals surface area contributed by atoms with Gasteiger partial charge in [-0.25, -0.2) is 4.98 Å². The van der Waals surface area contributed by atoms with Gasteiger partial charge < -0.3 is 10.3 Å². The third kappa shape index (κ3) is 2.58. The van der Waals surface area contributed by atoms with Gasteiger partial charge in [0.25, 0.3) is 0 Å². The highest BCUT2D eigenvalue weighted by molar-refractivity contribution is 8.05. The highest BCUT2D eigenvalue weighted by Gasteiger charge is 2.27. The fraction of sp³-hybridized carbons (Fsp3) is 0.333. The lowest BCUT2D eigenvalue weighted by molar-refractivity contribution is -0.119. The van der Waals surface area contributed by atoms with Crippen molar-refractivity contribution in [2.75, 3.05) is 0 Å². The number of nitrogens with zero attached hydrogens (tertiary/aromatic N) is 1. The van der Waals surface area contributed by atoms with Gasteiger partial charge in [0.05, 0.1) is 21.3 Å². The highest BCUT2D eigenvalue weighted by Crippen LogP contribution is 2.31. The maximum atomic E-state index is 11.8. The Morgan fingerprint density at radius 2 is 2.30 bits per heavy atom. The van der Waals surface area contributed by atoms with Crippen molar-refractivity contribution in [3.63, 3.8) is 0 Å². The lowest BCUT2D eigenvalue weighted by Gasteiger charge is -2.00. The van der Waals surface area contributed by atoms with Crippen molar-refractivity contribution in [3.05, 3.63) is 34.6 Å². The molecule has 0 bridgehead atoms. The number of aromatic amines is 1. The summed E-state index contributed by atoms with van der Waals surface area (Å²) in [5, 5.41) is 3.84. The van der Waals surface area contributed by atoms with E-state index >= 15 is 0 Å². The molecule has 20 heavy (non-hydrogen) atoms. The van der Waals surface area contributed by atoms with Crippen LogP contribution in [0.4, 0.5) is 0 Å². The summed E-state index contributed by atoms with van der Waals surface area (Å²) in [5.41, 5.74) is 3.17. The van der Waals surface area contributed by atoms with Crippen LogP contribution in [0.15, 0.2) is 23.2 Å². The van der Waals surface area contributed by atoms with Crippen molar-refractivity contribution in [2.24, 2.45) is 0 Å². The van der Waals surface area contributed by atoms with Gasteiger partial charge in [-0.1, -0.05) is 31.2 Å². The Morgan fingerprint density at radius 3 is 3.10 bits per heavy atom. The van der Waals surface area contributed by atoms with E-state index in [9.17, 15) is 4.79 Å². The third-order valence-electron chi connectivity index (χ3n) is 3.28. The van der Waals surface area contributed by atoms with Gasteiger partial charge in [-0.05, 0) is 31.0 Å². The second-order valence-electron chi connectivity index (χ2n) is 5.04. The normalized spacial score (nSPS) is 20.8. The van der Waals surface area contributed by atoms with E-state index in [1.165, 1.54) is 5.56 Å². The average Bonchev–Trinajstić information content (AvgIpc) is 2.93. The standard InChI is InChI=1S/C15H17N3OS/c1-3-4-12-15(19)18-14(20-12)8-13-16-10-6-5-9(2)7-11(10)17-13/h5-8,12H,3-4H2,1-2H3,(H,16,17)(H,18,19)/b14-8+. The SMILES string of the molecule is CCCC1S/C(=C/c2nc3ccc(C)cc3[nH]2)NC1=O. The summed E-state index contributed by atoms with van der Waals surface area (Å²) < 4.78 is 0. The van der Waals surface area contributed by atoms with Crippen molar-refractivity contribution in [2.45, 2.75) is 31.9 Å². The number of aryl methyl sites for hydroxylation is 1. The van der Waals surface area contributed by atoms with E-state index in [2.05, 4.69) is 35.2 Å². The van der Waals surface area contributed by atoms with Crippen LogP contribution < -0.4 is 5.32 Å². The number of benzene rings is 1. The van der Waals surface area contributed by atoms with Crippen molar-refractivity contribution < 1.29 is 4.79 Å². The van der Waals surface area contributed by atoms with E-state index in [1.54, 1.807) is 11.8 Å². The zero-order chi connectivity index (χ0) is 14.1. The molecule has 1 fully saturated rings. The molecule has 1 atom stereocenters. The molecule has 1 aliphatic rings. The number of nitrogens with one attached hydrogen (secondary N) is 2. The summed E-state index contributed by atoms with van der Waals surface area (Å²) in [6.45, 7) is 4.15. The molecule has 3 rings (SSSR count). The zero-order valence-corrected chi connectivity index (χ0v) is 12.4. The van der Waals surface area contributed by atoms with Gasteiger partial charge in [0, 0.05) is 6.08 Å². The van der Waals surface area contributed by atoms with E-state index in [1.807, 2.05) is 18.2 Å². The lowest BCUT2D eigenvalue weighted by atomic mass is 10.2. The minimum absolute atomic E-state index is 0.0397. The number of imidazole rings is 1. The van der Waals surface area contributed by atoms with E-state index in [-0.39, 0.29) is 11.2 Å². The molecule has 0 saturated carbocycles. The monoisotopic (exact) mass is 287 g/mol. The number of hydrogen-bond acceptors (Lipinski definition) is 3. The zero-order valence-electron chi connectivity index (χ0n) is 11.6. The van der Waals surface area contributed by atoms with Crippen LogP contribution in [0.25, 0.3) is 17.1 Å². The molecule has 4 nitrogen and oxygen atoms in total. The summed E-state index contributed by atoms with van der Waals surface area (Å²) >= 11 is 1.59. The third-order valence-corrected chi connectivity index (χ3v) is 4.49. The number of carbonyl (C=O) groups excluding carboxylic acids is 1. The van der Waals surface area contributed by atoms with Gasteiger partial charge in [0.2, 0.25) is 5.91 Å². The van der Waals surface area contributed by atoms with Crippen molar-refractivity contribution in [1.82, 2.24) is 15.3 Å². The first-order valence-corrected chi connectivity index (χ1v) is 7.69. The number of fused-ring (bicyclic) bond motifs is 1. The highest BCUT2D eigenvalue weighted by atomic mass is 32.2. The fourth-order valence-corrected chi connectivity index (χ4v) is 3.46. The molecule has 1 aliphatic heterocycles. The molecule has 2 heterocycles. The molecule has 5 heteroatoms. The Hall–Kier alpha value is -1.75. The van der Waals surface area contributed by atoms with E-state index in [0.29, 0.717) is 0 Å². The van der Waals surface area contributed by atoms with Crippen LogP contribution in [0, 0.1) is 6.92 Å². The number of rotatable bonds is 3. The number of hydrogen-bond donors (Lipinski definition) is 2.